The molecule has 0 saturated heterocycles. The van der Waals surface area contributed by atoms with Crippen LogP contribution in [0.3, 0.4) is 0 Å². The van der Waals surface area contributed by atoms with Gasteiger partial charge < -0.3 is 10.5 Å². The largest absolute Gasteiger partial charge is 0.495 e. The van der Waals surface area contributed by atoms with Gasteiger partial charge in [0.15, 0.2) is 0 Å². The predicted molar refractivity (Wildman–Crippen MR) is 84.4 cm³/mol. The zero-order chi connectivity index (χ0) is 15.6. The van der Waals surface area contributed by atoms with Crippen LogP contribution in [-0.4, -0.2) is 15.5 Å². The van der Waals surface area contributed by atoms with E-state index in [1.165, 1.54) is 13.2 Å². The Morgan fingerprint density at radius 3 is 2.52 bits per heavy atom. The second kappa shape index (κ2) is 5.83. The second-order valence-electron chi connectivity index (χ2n) is 4.45. The van der Waals surface area contributed by atoms with E-state index in [4.69, 9.17) is 22.1 Å². The maximum Gasteiger partial charge on any atom is 0.265 e. The Morgan fingerprint density at radius 2 is 1.90 bits per heavy atom. The van der Waals surface area contributed by atoms with Crippen LogP contribution in [0.5, 0.6) is 5.75 Å². The lowest BCUT2D eigenvalue weighted by Crippen LogP contribution is -2.15. The molecule has 112 valence electrons. The average Bonchev–Trinajstić information content (AvgIpc) is 2.43. The van der Waals surface area contributed by atoms with Gasteiger partial charge in [0.05, 0.1) is 17.8 Å². The third-order valence-electron chi connectivity index (χ3n) is 2.96. The molecule has 0 saturated carbocycles. The third kappa shape index (κ3) is 3.22. The molecular weight excluding hydrogens is 312 g/mol. The van der Waals surface area contributed by atoms with E-state index in [1.54, 1.807) is 37.3 Å². The summed E-state index contributed by atoms with van der Waals surface area (Å²) in [5.74, 6) is 0.223. The molecule has 2 aromatic rings. The number of rotatable bonds is 4. The van der Waals surface area contributed by atoms with E-state index in [9.17, 15) is 8.42 Å². The highest BCUT2D eigenvalue weighted by Gasteiger charge is 2.21. The van der Waals surface area contributed by atoms with Gasteiger partial charge in [-0.2, -0.15) is 0 Å². The van der Waals surface area contributed by atoms with Crippen LogP contribution in [0, 0.1) is 6.92 Å². The summed E-state index contributed by atoms with van der Waals surface area (Å²) in [4.78, 5) is -0.0342. The van der Waals surface area contributed by atoms with Crippen molar-refractivity contribution in [1.82, 2.24) is 0 Å². The van der Waals surface area contributed by atoms with Crippen LogP contribution >= 0.6 is 11.6 Å². The van der Waals surface area contributed by atoms with Crippen LogP contribution in [0.1, 0.15) is 5.56 Å². The first kappa shape index (κ1) is 15.5. The van der Waals surface area contributed by atoms with Crippen molar-refractivity contribution in [3.05, 3.63) is 47.0 Å². The minimum Gasteiger partial charge on any atom is -0.495 e. The molecule has 0 aliphatic rings. The van der Waals surface area contributed by atoms with Gasteiger partial charge in [-0.25, -0.2) is 8.42 Å². The van der Waals surface area contributed by atoms with Gasteiger partial charge in [0.25, 0.3) is 10.0 Å². The first-order valence-corrected chi connectivity index (χ1v) is 7.92. The maximum absolute atomic E-state index is 12.5. The molecule has 0 aromatic heterocycles. The number of hydrogen-bond acceptors (Lipinski definition) is 4. The van der Waals surface area contributed by atoms with Crippen molar-refractivity contribution in [3.63, 3.8) is 0 Å². The number of sulfonamides is 1. The third-order valence-corrected chi connectivity index (χ3v) is 4.68. The van der Waals surface area contributed by atoms with Crippen molar-refractivity contribution in [1.29, 1.82) is 0 Å². The molecule has 3 N–H and O–H groups in total. The number of aryl methyl sites for hydroxylation is 1. The highest BCUT2D eigenvalue weighted by Crippen LogP contribution is 2.31. The van der Waals surface area contributed by atoms with Gasteiger partial charge in [-0.3, -0.25) is 4.72 Å². The lowest BCUT2D eigenvalue weighted by atomic mass is 10.2. The molecule has 0 unspecified atom stereocenters. The first-order valence-electron chi connectivity index (χ1n) is 6.06. The van der Waals surface area contributed by atoms with Crippen molar-refractivity contribution in [3.8, 4) is 5.75 Å². The normalized spacial score (nSPS) is 11.2. The number of para-hydroxylation sites is 1. The molecule has 21 heavy (non-hydrogen) atoms. The van der Waals surface area contributed by atoms with Gasteiger partial charge in [0, 0.05) is 5.69 Å². The quantitative estimate of drug-likeness (QED) is 0.846. The molecule has 0 radical (unpaired) electrons. The van der Waals surface area contributed by atoms with Gasteiger partial charge >= 0.3 is 0 Å². The van der Waals surface area contributed by atoms with E-state index in [2.05, 4.69) is 4.72 Å². The van der Waals surface area contributed by atoms with Crippen LogP contribution < -0.4 is 15.2 Å². The molecule has 0 aliphatic heterocycles. The smallest absolute Gasteiger partial charge is 0.265 e. The fourth-order valence-corrected chi connectivity index (χ4v) is 3.30. The summed E-state index contributed by atoms with van der Waals surface area (Å²) in [5.41, 5.74) is 7.19. The average molecular weight is 327 g/mol. The van der Waals surface area contributed by atoms with Crippen molar-refractivity contribution < 1.29 is 13.2 Å². The molecule has 0 fully saturated rings. The van der Waals surface area contributed by atoms with Crippen LogP contribution in [-0.2, 0) is 10.0 Å². The van der Waals surface area contributed by atoms with E-state index < -0.39 is 10.0 Å². The van der Waals surface area contributed by atoms with E-state index in [-0.39, 0.29) is 10.6 Å². The lowest BCUT2D eigenvalue weighted by molar-refractivity contribution is 0.402. The lowest BCUT2D eigenvalue weighted by Gasteiger charge is -2.14. The number of ether oxygens (including phenoxy) is 1. The summed E-state index contributed by atoms with van der Waals surface area (Å²) in [7, 11) is -2.46. The first-order chi connectivity index (χ1) is 9.85. The monoisotopic (exact) mass is 326 g/mol. The number of benzene rings is 2. The van der Waals surface area contributed by atoms with Crippen molar-refractivity contribution >= 4 is 33.0 Å². The zero-order valence-corrected chi connectivity index (χ0v) is 13.1. The minimum absolute atomic E-state index is 0.0342. The van der Waals surface area contributed by atoms with Crippen LogP contribution in [0.15, 0.2) is 41.3 Å². The molecule has 0 atom stereocenters. The Labute approximate surface area is 128 Å². The molecule has 0 spiro atoms. The molecule has 2 aromatic carbocycles. The molecular formula is C14H15ClN2O3S. The Bertz CT molecular complexity index is 776. The summed E-state index contributed by atoms with van der Waals surface area (Å²) in [6.07, 6.45) is 0. The Morgan fingerprint density at radius 1 is 1.24 bits per heavy atom. The molecule has 2 rings (SSSR count). The Hall–Kier alpha value is -1.92. The fourth-order valence-electron chi connectivity index (χ4n) is 1.79. The highest BCUT2D eigenvalue weighted by atomic mass is 35.5. The van der Waals surface area contributed by atoms with Gasteiger partial charge in [-0.05, 0) is 36.8 Å². The zero-order valence-electron chi connectivity index (χ0n) is 11.6. The van der Waals surface area contributed by atoms with Crippen LogP contribution in [0.4, 0.5) is 11.4 Å². The fraction of sp³-hybridized carbons (Fsp3) is 0.143. The van der Waals surface area contributed by atoms with Crippen molar-refractivity contribution in [2.24, 2.45) is 0 Å². The van der Waals surface area contributed by atoms with Crippen LogP contribution in [0.2, 0.25) is 5.02 Å². The van der Waals surface area contributed by atoms with Gasteiger partial charge in [0.2, 0.25) is 0 Å². The Balaban J connectivity index is 2.50. The molecule has 0 aliphatic carbocycles. The summed E-state index contributed by atoms with van der Waals surface area (Å²) in [6, 6.07) is 9.52. The number of anilines is 2. The molecule has 5 nitrogen and oxygen atoms in total. The molecule has 0 heterocycles. The number of hydrogen-bond donors (Lipinski definition) is 2. The molecule has 0 amide bonds. The number of nitrogens with two attached hydrogens (primary N) is 1. The van der Waals surface area contributed by atoms with Gasteiger partial charge in [-0.15, -0.1) is 0 Å². The second-order valence-corrected chi connectivity index (χ2v) is 6.50. The number of nitrogen functional groups attached to an aromatic ring is 1. The number of nitrogens with one attached hydrogen (secondary N) is 1. The van der Waals surface area contributed by atoms with Gasteiger partial charge in [-0.1, -0.05) is 23.7 Å². The van der Waals surface area contributed by atoms with E-state index in [0.29, 0.717) is 16.4 Å². The highest BCUT2D eigenvalue weighted by molar-refractivity contribution is 7.92. The van der Waals surface area contributed by atoms with E-state index in [0.717, 1.165) is 5.56 Å². The van der Waals surface area contributed by atoms with Crippen LogP contribution in [0.25, 0.3) is 0 Å². The summed E-state index contributed by atoms with van der Waals surface area (Å²) in [5, 5.41) is 0.306. The molecule has 7 heteroatoms. The van der Waals surface area contributed by atoms with E-state index >= 15 is 0 Å². The SMILES string of the molecule is COc1cc(C)c(N)cc1S(=O)(=O)Nc1ccccc1Cl. The van der Waals surface area contributed by atoms with Gasteiger partial charge in [0.1, 0.15) is 10.6 Å². The summed E-state index contributed by atoms with van der Waals surface area (Å²) in [6.45, 7) is 1.77. The summed E-state index contributed by atoms with van der Waals surface area (Å²) >= 11 is 5.97. The van der Waals surface area contributed by atoms with Crippen molar-refractivity contribution in [2.75, 3.05) is 17.6 Å². The number of methoxy groups -OCH3 is 1. The number of halogens is 1. The topological polar surface area (TPSA) is 81.4 Å². The summed E-state index contributed by atoms with van der Waals surface area (Å²) < 4.78 is 32.5. The Kier molecular flexibility index (Phi) is 4.29. The van der Waals surface area contributed by atoms with E-state index in [1.807, 2.05) is 0 Å². The maximum atomic E-state index is 12.5. The minimum atomic E-state index is -3.86. The molecule has 0 bridgehead atoms. The standard InChI is InChI=1S/C14H15ClN2O3S/c1-9-7-13(20-2)14(8-11(9)16)21(18,19)17-12-6-4-3-5-10(12)15/h3-8,17H,16H2,1-2H3. The van der Waals surface area contributed by atoms with Crippen molar-refractivity contribution in [2.45, 2.75) is 11.8 Å². The predicted octanol–water partition coefficient (Wildman–Crippen LogP) is 3.04.